The SMILES string of the molecule is COc1c(C)cc(C(C2CC(N)C2)N(C)C)cc1C. The summed E-state index contributed by atoms with van der Waals surface area (Å²) < 4.78 is 5.46. The molecule has 1 fully saturated rings. The van der Waals surface area contributed by atoms with Gasteiger partial charge in [0.2, 0.25) is 0 Å². The first kappa shape index (κ1) is 14.4. The molecule has 1 saturated carbocycles. The van der Waals surface area contributed by atoms with Crippen molar-refractivity contribution in [2.24, 2.45) is 11.7 Å². The van der Waals surface area contributed by atoms with E-state index in [4.69, 9.17) is 10.5 Å². The van der Waals surface area contributed by atoms with Gasteiger partial charge in [-0.1, -0.05) is 12.1 Å². The number of hydrogen-bond acceptors (Lipinski definition) is 3. The van der Waals surface area contributed by atoms with Gasteiger partial charge in [-0.25, -0.2) is 0 Å². The van der Waals surface area contributed by atoms with Crippen LogP contribution in [0, 0.1) is 19.8 Å². The van der Waals surface area contributed by atoms with E-state index in [9.17, 15) is 0 Å². The Balaban J connectivity index is 2.32. The lowest BCUT2D eigenvalue weighted by atomic mass is 9.73. The van der Waals surface area contributed by atoms with Crippen LogP contribution in [0.2, 0.25) is 0 Å². The molecule has 0 aliphatic heterocycles. The maximum atomic E-state index is 5.95. The highest BCUT2D eigenvalue weighted by Gasteiger charge is 2.35. The summed E-state index contributed by atoms with van der Waals surface area (Å²) in [6.07, 6.45) is 2.26. The third kappa shape index (κ3) is 2.77. The zero-order valence-corrected chi connectivity index (χ0v) is 12.7. The Labute approximate surface area is 116 Å². The highest BCUT2D eigenvalue weighted by Crippen LogP contribution is 2.41. The summed E-state index contributed by atoms with van der Waals surface area (Å²) in [5, 5.41) is 0. The third-order valence-corrected chi connectivity index (χ3v) is 4.24. The first-order valence-electron chi connectivity index (χ1n) is 7.01. The Morgan fingerprint density at radius 3 is 2.11 bits per heavy atom. The average molecular weight is 262 g/mol. The van der Waals surface area contributed by atoms with Crippen LogP contribution in [-0.4, -0.2) is 32.1 Å². The van der Waals surface area contributed by atoms with Crippen molar-refractivity contribution in [2.45, 2.75) is 38.8 Å². The molecule has 106 valence electrons. The van der Waals surface area contributed by atoms with Crippen LogP contribution in [0.25, 0.3) is 0 Å². The molecule has 0 radical (unpaired) electrons. The van der Waals surface area contributed by atoms with Crippen LogP contribution < -0.4 is 10.5 Å². The minimum absolute atomic E-state index is 0.396. The van der Waals surface area contributed by atoms with Gasteiger partial charge < -0.3 is 15.4 Å². The number of ether oxygens (including phenoxy) is 1. The molecule has 1 aromatic carbocycles. The van der Waals surface area contributed by atoms with E-state index in [0.717, 1.165) is 18.6 Å². The minimum atomic E-state index is 0.396. The molecule has 1 aromatic rings. The zero-order valence-electron chi connectivity index (χ0n) is 12.7. The third-order valence-electron chi connectivity index (χ3n) is 4.24. The molecule has 0 bridgehead atoms. The van der Waals surface area contributed by atoms with Gasteiger partial charge in [-0.3, -0.25) is 0 Å². The predicted octanol–water partition coefficient (Wildman–Crippen LogP) is 2.65. The Morgan fingerprint density at radius 2 is 1.74 bits per heavy atom. The molecule has 0 amide bonds. The van der Waals surface area contributed by atoms with Gasteiger partial charge in [-0.15, -0.1) is 0 Å². The number of aryl methyl sites for hydroxylation is 2. The smallest absolute Gasteiger partial charge is 0.124 e. The summed E-state index contributed by atoms with van der Waals surface area (Å²) in [6.45, 7) is 4.24. The van der Waals surface area contributed by atoms with Crippen LogP contribution in [0.15, 0.2) is 12.1 Å². The molecule has 2 N–H and O–H groups in total. The Morgan fingerprint density at radius 1 is 1.21 bits per heavy atom. The summed E-state index contributed by atoms with van der Waals surface area (Å²) in [7, 11) is 6.05. The van der Waals surface area contributed by atoms with Gasteiger partial charge >= 0.3 is 0 Å². The number of hydrogen-bond donors (Lipinski definition) is 1. The van der Waals surface area contributed by atoms with Crippen molar-refractivity contribution in [1.82, 2.24) is 4.90 Å². The molecule has 2 rings (SSSR count). The van der Waals surface area contributed by atoms with Crippen LogP contribution in [0.4, 0.5) is 0 Å². The lowest BCUT2D eigenvalue weighted by molar-refractivity contribution is 0.123. The van der Waals surface area contributed by atoms with Gasteiger partial charge in [0.1, 0.15) is 5.75 Å². The lowest BCUT2D eigenvalue weighted by Crippen LogP contribution is -2.43. The van der Waals surface area contributed by atoms with Crippen LogP contribution in [0.5, 0.6) is 5.75 Å². The molecule has 3 heteroatoms. The quantitative estimate of drug-likeness (QED) is 0.906. The first-order chi connectivity index (χ1) is 8.93. The molecule has 19 heavy (non-hydrogen) atoms. The van der Waals surface area contributed by atoms with Gasteiger partial charge in [0.25, 0.3) is 0 Å². The Kier molecular flexibility index (Phi) is 4.16. The van der Waals surface area contributed by atoms with Gasteiger partial charge in [0, 0.05) is 12.1 Å². The number of methoxy groups -OCH3 is 1. The highest BCUT2D eigenvalue weighted by molar-refractivity contribution is 5.44. The van der Waals surface area contributed by atoms with Gasteiger partial charge in [0.15, 0.2) is 0 Å². The second-order valence-electron chi connectivity index (χ2n) is 6.09. The van der Waals surface area contributed by atoms with Crippen LogP contribution in [0.3, 0.4) is 0 Å². The number of benzene rings is 1. The standard InChI is InChI=1S/C16H26N2O/c1-10-6-12(7-11(2)16(10)19-5)15(18(3)4)13-8-14(17)9-13/h6-7,13-15H,8-9,17H2,1-5H3. The Hall–Kier alpha value is -1.06. The summed E-state index contributed by atoms with van der Waals surface area (Å²) in [4.78, 5) is 2.32. The van der Waals surface area contributed by atoms with Crippen molar-refractivity contribution >= 4 is 0 Å². The van der Waals surface area contributed by atoms with Crippen LogP contribution in [0.1, 0.15) is 35.6 Å². The molecule has 0 spiro atoms. The van der Waals surface area contributed by atoms with E-state index in [2.05, 4.69) is 45.0 Å². The van der Waals surface area contributed by atoms with Crippen LogP contribution in [-0.2, 0) is 0 Å². The van der Waals surface area contributed by atoms with E-state index in [1.807, 2.05) is 0 Å². The van der Waals surface area contributed by atoms with E-state index < -0.39 is 0 Å². The fourth-order valence-corrected chi connectivity index (χ4v) is 3.43. The van der Waals surface area contributed by atoms with Crippen molar-refractivity contribution in [3.63, 3.8) is 0 Å². The van der Waals surface area contributed by atoms with Crippen molar-refractivity contribution in [3.8, 4) is 5.75 Å². The summed E-state index contributed by atoms with van der Waals surface area (Å²) in [6, 6.07) is 5.39. The van der Waals surface area contributed by atoms with Crippen molar-refractivity contribution in [3.05, 3.63) is 28.8 Å². The van der Waals surface area contributed by atoms with Gasteiger partial charge in [0.05, 0.1) is 7.11 Å². The van der Waals surface area contributed by atoms with E-state index in [0.29, 0.717) is 18.0 Å². The molecular formula is C16H26N2O. The van der Waals surface area contributed by atoms with Crippen molar-refractivity contribution < 1.29 is 4.74 Å². The maximum absolute atomic E-state index is 5.95. The summed E-state index contributed by atoms with van der Waals surface area (Å²) >= 11 is 0. The number of nitrogens with zero attached hydrogens (tertiary/aromatic N) is 1. The Bertz CT molecular complexity index is 427. The zero-order chi connectivity index (χ0) is 14.2. The van der Waals surface area contributed by atoms with Gasteiger partial charge in [-0.05, 0) is 63.4 Å². The second kappa shape index (κ2) is 5.51. The van der Waals surface area contributed by atoms with Crippen LogP contribution >= 0.6 is 0 Å². The molecule has 3 nitrogen and oxygen atoms in total. The molecule has 1 aliphatic rings. The molecule has 0 heterocycles. The molecule has 1 atom stereocenters. The number of rotatable bonds is 4. The second-order valence-corrected chi connectivity index (χ2v) is 6.09. The summed E-state index contributed by atoms with van der Waals surface area (Å²) in [5.74, 6) is 1.68. The van der Waals surface area contributed by atoms with E-state index in [-0.39, 0.29) is 0 Å². The van der Waals surface area contributed by atoms with Gasteiger partial charge in [-0.2, -0.15) is 0 Å². The normalized spacial score (nSPS) is 24.2. The monoisotopic (exact) mass is 262 g/mol. The fraction of sp³-hybridized carbons (Fsp3) is 0.625. The first-order valence-corrected chi connectivity index (χ1v) is 7.01. The molecule has 0 aromatic heterocycles. The molecular weight excluding hydrogens is 236 g/mol. The maximum Gasteiger partial charge on any atom is 0.124 e. The molecule has 1 aliphatic carbocycles. The van der Waals surface area contributed by atoms with Crippen molar-refractivity contribution in [1.29, 1.82) is 0 Å². The largest absolute Gasteiger partial charge is 0.496 e. The minimum Gasteiger partial charge on any atom is -0.496 e. The van der Waals surface area contributed by atoms with E-state index >= 15 is 0 Å². The van der Waals surface area contributed by atoms with Crippen molar-refractivity contribution in [2.75, 3.05) is 21.2 Å². The lowest BCUT2D eigenvalue weighted by Gasteiger charge is -2.42. The highest BCUT2D eigenvalue weighted by atomic mass is 16.5. The van der Waals surface area contributed by atoms with E-state index in [1.165, 1.54) is 16.7 Å². The average Bonchev–Trinajstić information content (AvgIpc) is 2.26. The molecule has 1 unspecified atom stereocenters. The van der Waals surface area contributed by atoms with E-state index in [1.54, 1.807) is 7.11 Å². The molecule has 0 saturated heterocycles. The number of nitrogens with two attached hydrogens (primary N) is 1. The predicted molar refractivity (Wildman–Crippen MR) is 79.6 cm³/mol. The fourth-order valence-electron chi connectivity index (χ4n) is 3.43. The summed E-state index contributed by atoms with van der Waals surface area (Å²) in [5.41, 5.74) is 9.77. The topological polar surface area (TPSA) is 38.5 Å².